The summed E-state index contributed by atoms with van der Waals surface area (Å²) in [7, 11) is 0. The van der Waals surface area contributed by atoms with E-state index in [2.05, 4.69) is 59.8 Å². The Morgan fingerprint density at radius 2 is 1.83 bits per heavy atom. The Morgan fingerprint density at radius 3 is 2.55 bits per heavy atom. The normalized spacial score (nSPS) is 11.7. The van der Waals surface area contributed by atoms with Crippen LogP contribution in [0, 0.1) is 0 Å². The second kappa shape index (κ2) is 7.87. The number of aromatic nitrogens is 3. The zero-order valence-corrected chi connectivity index (χ0v) is 17.5. The van der Waals surface area contributed by atoms with Crippen LogP contribution in [-0.2, 0) is 12.1 Å². The number of anilines is 1. The molecule has 29 heavy (non-hydrogen) atoms. The molecule has 4 nitrogen and oxygen atoms in total. The fourth-order valence-electron chi connectivity index (χ4n) is 3.16. The lowest BCUT2D eigenvalue weighted by molar-refractivity contribution is 0.473. The number of halogens is 1. The van der Waals surface area contributed by atoms with Crippen molar-refractivity contribution in [3.8, 4) is 5.69 Å². The minimum absolute atomic E-state index is 0.119. The average molecular weight is 407 g/mol. The molecule has 0 bridgehead atoms. The van der Waals surface area contributed by atoms with Gasteiger partial charge in [0, 0.05) is 22.5 Å². The van der Waals surface area contributed by atoms with E-state index in [1.807, 2.05) is 30.3 Å². The van der Waals surface area contributed by atoms with E-state index in [1.165, 1.54) is 17.5 Å². The van der Waals surface area contributed by atoms with Crippen LogP contribution in [0.4, 0.5) is 10.2 Å². The molecule has 2 aromatic heterocycles. The van der Waals surface area contributed by atoms with Crippen LogP contribution in [0.1, 0.15) is 32.0 Å². The van der Waals surface area contributed by atoms with Gasteiger partial charge < -0.3 is 4.72 Å². The Morgan fingerprint density at radius 1 is 1.03 bits per heavy atom. The van der Waals surface area contributed by atoms with Gasteiger partial charge in [-0.1, -0.05) is 39.0 Å². The van der Waals surface area contributed by atoms with Gasteiger partial charge in [-0.25, -0.2) is 9.07 Å². The average Bonchev–Trinajstić information content (AvgIpc) is 3.14. The van der Waals surface area contributed by atoms with Gasteiger partial charge in [0.2, 0.25) is 0 Å². The van der Waals surface area contributed by atoms with Crippen molar-refractivity contribution in [1.29, 1.82) is 0 Å². The van der Waals surface area contributed by atoms with Crippen LogP contribution in [0.2, 0.25) is 0 Å². The minimum atomic E-state index is -0.615. The number of nitrogens with one attached hydrogen (secondary N) is 1. The molecule has 0 fully saturated rings. The first-order valence-corrected chi connectivity index (χ1v) is 10.3. The summed E-state index contributed by atoms with van der Waals surface area (Å²) in [6, 6.07) is 20.0. The summed E-state index contributed by atoms with van der Waals surface area (Å²) in [5, 5.41) is 5.41. The largest absolute Gasteiger partial charge is 0.310 e. The second-order valence-electron chi connectivity index (χ2n) is 7.89. The maximum Gasteiger partial charge on any atom is 0.140 e. The third-order valence-electron chi connectivity index (χ3n) is 4.74. The van der Waals surface area contributed by atoms with Gasteiger partial charge in [0.15, 0.2) is 0 Å². The first-order valence-electron chi connectivity index (χ1n) is 9.48. The van der Waals surface area contributed by atoms with Crippen LogP contribution in [-0.4, -0.2) is 14.8 Å². The molecule has 0 spiro atoms. The first-order chi connectivity index (χ1) is 14.0. The Balaban J connectivity index is 1.64. The molecule has 0 unspecified atom stereocenters. The van der Waals surface area contributed by atoms with Crippen LogP contribution >= 0.6 is 11.9 Å². The van der Waals surface area contributed by atoms with Crippen molar-refractivity contribution >= 4 is 28.7 Å². The summed E-state index contributed by atoms with van der Waals surface area (Å²) in [6.45, 7) is 5.98. The van der Waals surface area contributed by atoms with Gasteiger partial charge in [0.05, 0.1) is 16.9 Å². The van der Waals surface area contributed by atoms with E-state index in [0.717, 1.165) is 27.3 Å². The number of rotatable bonds is 5. The Kier molecular flexibility index (Phi) is 5.28. The highest BCUT2D eigenvalue weighted by Crippen LogP contribution is 2.29. The highest BCUT2D eigenvalue weighted by molar-refractivity contribution is 8.00. The molecule has 0 atom stereocenters. The Bertz CT molecular complexity index is 1120. The van der Waals surface area contributed by atoms with Gasteiger partial charge in [-0.2, -0.15) is 5.10 Å². The van der Waals surface area contributed by atoms with E-state index in [0.29, 0.717) is 5.69 Å². The van der Waals surface area contributed by atoms with Gasteiger partial charge >= 0.3 is 0 Å². The number of nitrogens with zero attached hydrogens (tertiary/aromatic N) is 3. The standard InChI is InChI=1S/C23H23FN4S/c1-23(2,3)16-9-11-18(12-10-16)29-27-22-14-17(15-24)26-28(22)21-8-4-7-20-19(21)6-5-13-25-20/h4-14,27H,15H2,1-3H3. The number of benzene rings is 2. The molecule has 0 aliphatic carbocycles. The molecule has 0 radical (unpaired) electrons. The Hall–Kier alpha value is -2.86. The summed E-state index contributed by atoms with van der Waals surface area (Å²) < 4.78 is 18.4. The van der Waals surface area contributed by atoms with Gasteiger partial charge in [-0.05, 0) is 59.3 Å². The molecular formula is C23H23FN4S. The number of pyridine rings is 1. The van der Waals surface area contributed by atoms with E-state index < -0.39 is 6.67 Å². The van der Waals surface area contributed by atoms with Crippen molar-refractivity contribution in [2.75, 3.05) is 4.72 Å². The van der Waals surface area contributed by atoms with E-state index in [4.69, 9.17) is 0 Å². The highest BCUT2D eigenvalue weighted by atomic mass is 32.2. The summed E-state index contributed by atoms with van der Waals surface area (Å²) in [6.07, 6.45) is 1.76. The summed E-state index contributed by atoms with van der Waals surface area (Å²) in [5.74, 6) is 0.721. The van der Waals surface area contributed by atoms with Gasteiger partial charge in [0.25, 0.3) is 0 Å². The summed E-state index contributed by atoms with van der Waals surface area (Å²) in [4.78, 5) is 5.48. The zero-order chi connectivity index (χ0) is 20.4. The highest BCUT2D eigenvalue weighted by Gasteiger charge is 2.15. The molecule has 4 aromatic rings. The van der Waals surface area contributed by atoms with E-state index in [1.54, 1.807) is 16.9 Å². The molecule has 0 aliphatic heterocycles. The molecule has 4 rings (SSSR count). The van der Waals surface area contributed by atoms with E-state index >= 15 is 0 Å². The van der Waals surface area contributed by atoms with Crippen LogP contribution in [0.3, 0.4) is 0 Å². The first kappa shape index (κ1) is 19.5. The third kappa shape index (κ3) is 4.12. The van der Waals surface area contributed by atoms with Crippen molar-refractivity contribution in [3.63, 3.8) is 0 Å². The number of hydrogen-bond acceptors (Lipinski definition) is 4. The fourth-order valence-corrected chi connectivity index (χ4v) is 3.80. The van der Waals surface area contributed by atoms with Gasteiger partial charge in [0.1, 0.15) is 12.5 Å². The maximum absolute atomic E-state index is 13.3. The Labute approximate surface area is 174 Å². The molecule has 2 aromatic carbocycles. The fraction of sp³-hybridized carbons (Fsp3) is 0.217. The summed E-state index contributed by atoms with van der Waals surface area (Å²) >= 11 is 1.48. The molecule has 2 heterocycles. The van der Waals surface area contributed by atoms with Crippen LogP contribution in [0.25, 0.3) is 16.6 Å². The molecule has 0 aliphatic rings. The lowest BCUT2D eigenvalue weighted by atomic mass is 9.87. The maximum atomic E-state index is 13.3. The second-order valence-corrected chi connectivity index (χ2v) is 8.77. The molecule has 1 N–H and O–H groups in total. The smallest absolute Gasteiger partial charge is 0.140 e. The zero-order valence-electron chi connectivity index (χ0n) is 16.7. The topological polar surface area (TPSA) is 42.7 Å². The molecule has 0 saturated heterocycles. The van der Waals surface area contributed by atoms with Crippen molar-refractivity contribution < 1.29 is 4.39 Å². The van der Waals surface area contributed by atoms with E-state index in [9.17, 15) is 4.39 Å². The van der Waals surface area contributed by atoms with Crippen molar-refractivity contribution in [1.82, 2.24) is 14.8 Å². The van der Waals surface area contributed by atoms with Gasteiger partial charge in [-0.3, -0.25) is 4.98 Å². The van der Waals surface area contributed by atoms with E-state index in [-0.39, 0.29) is 5.41 Å². The molecule has 148 valence electrons. The van der Waals surface area contributed by atoms with Crippen LogP contribution in [0.15, 0.2) is 71.8 Å². The van der Waals surface area contributed by atoms with Crippen molar-refractivity contribution in [2.24, 2.45) is 0 Å². The number of hydrogen-bond donors (Lipinski definition) is 1. The lowest BCUT2D eigenvalue weighted by Crippen LogP contribution is -2.10. The molecular weight excluding hydrogens is 383 g/mol. The van der Waals surface area contributed by atoms with Crippen molar-refractivity contribution in [3.05, 3.63) is 78.1 Å². The lowest BCUT2D eigenvalue weighted by Gasteiger charge is -2.19. The van der Waals surface area contributed by atoms with Gasteiger partial charge in [-0.15, -0.1) is 0 Å². The predicted molar refractivity (Wildman–Crippen MR) is 118 cm³/mol. The van der Waals surface area contributed by atoms with Crippen LogP contribution < -0.4 is 4.72 Å². The summed E-state index contributed by atoms with van der Waals surface area (Å²) in [5.41, 5.74) is 3.53. The van der Waals surface area contributed by atoms with Crippen LogP contribution in [0.5, 0.6) is 0 Å². The monoisotopic (exact) mass is 406 g/mol. The molecule has 6 heteroatoms. The third-order valence-corrected chi connectivity index (χ3v) is 5.56. The van der Waals surface area contributed by atoms with Crippen molar-refractivity contribution in [2.45, 2.75) is 37.8 Å². The number of alkyl halides is 1. The quantitative estimate of drug-likeness (QED) is 0.395. The minimum Gasteiger partial charge on any atom is -0.310 e. The molecule has 0 saturated carbocycles. The SMILES string of the molecule is CC(C)(C)c1ccc(SNc2cc(CF)nn2-c2cccc3ncccc23)cc1. The predicted octanol–water partition coefficient (Wildman–Crippen LogP) is 6.31. The molecule has 0 amide bonds. The number of fused-ring (bicyclic) bond motifs is 1.